The molecule has 2 rings (SSSR count). The number of benzene rings is 1. The van der Waals surface area contributed by atoms with Gasteiger partial charge in [0.1, 0.15) is 0 Å². The number of imidazole rings is 1. The summed E-state index contributed by atoms with van der Waals surface area (Å²) >= 11 is 0. The molecule has 0 unspecified atom stereocenters. The van der Waals surface area contributed by atoms with Crippen LogP contribution in [0.25, 0.3) is 0 Å². The second-order valence-electron chi connectivity index (χ2n) is 3.58. The average molecular weight is 251 g/mol. The maximum atomic E-state index is 11.9. The molecule has 2 N–H and O–H groups in total. The molecule has 0 fully saturated rings. The van der Waals surface area contributed by atoms with Crippen LogP contribution in [-0.2, 0) is 16.4 Å². The topological polar surface area (TPSA) is 74.8 Å². The Kier molecular flexibility index (Phi) is 3.14. The highest BCUT2D eigenvalue weighted by molar-refractivity contribution is 7.92. The zero-order valence-electron chi connectivity index (χ0n) is 9.34. The van der Waals surface area contributed by atoms with Crippen molar-refractivity contribution in [2.45, 2.75) is 18.4 Å². The van der Waals surface area contributed by atoms with E-state index < -0.39 is 10.0 Å². The molecule has 90 valence electrons. The molecule has 0 amide bonds. The van der Waals surface area contributed by atoms with Gasteiger partial charge in [-0.05, 0) is 24.1 Å². The monoisotopic (exact) mass is 251 g/mol. The number of aromatic nitrogens is 2. The normalized spacial score (nSPS) is 11.4. The van der Waals surface area contributed by atoms with Gasteiger partial charge in [-0.15, -0.1) is 0 Å². The van der Waals surface area contributed by atoms with Gasteiger partial charge in [-0.3, -0.25) is 4.72 Å². The summed E-state index contributed by atoms with van der Waals surface area (Å²) in [5.41, 5.74) is 1.63. The fourth-order valence-corrected chi connectivity index (χ4v) is 2.41. The summed E-state index contributed by atoms with van der Waals surface area (Å²) < 4.78 is 26.3. The van der Waals surface area contributed by atoms with Gasteiger partial charge in [-0.1, -0.05) is 19.1 Å². The van der Waals surface area contributed by atoms with Gasteiger partial charge in [0.25, 0.3) is 10.0 Å². The van der Waals surface area contributed by atoms with Gasteiger partial charge >= 0.3 is 0 Å². The van der Waals surface area contributed by atoms with Crippen LogP contribution in [0.15, 0.2) is 41.8 Å². The van der Waals surface area contributed by atoms with Crippen LogP contribution in [0.1, 0.15) is 12.5 Å². The first-order valence-corrected chi connectivity index (χ1v) is 6.70. The van der Waals surface area contributed by atoms with Crippen LogP contribution in [0.5, 0.6) is 0 Å². The summed E-state index contributed by atoms with van der Waals surface area (Å²) in [5, 5.41) is 0.0550. The molecule has 0 spiro atoms. The van der Waals surface area contributed by atoms with Crippen LogP contribution in [0, 0.1) is 0 Å². The van der Waals surface area contributed by atoms with E-state index in [-0.39, 0.29) is 5.03 Å². The molecule has 17 heavy (non-hydrogen) atoms. The number of H-pyrrole nitrogens is 1. The smallest absolute Gasteiger partial charge is 0.278 e. The van der Waals surface area contributed by atoms with Crippen molar-refractivity contribution >= 4 is 15.7 Å². The molecule has 0 saturated carbocycles. The fourth-order valence-electron chi connectivity index (χ4n) is 1.45. The first-order valence-electron chi connectivity index (χ1n) is 5.22. The standard InChI is InChI=1S/C11H13N3O2S/c1-2-9-4-3-5-10(6-9)14-17(15,16)11-7-12-8-13-11/h3-8,14H,2H2,1H3,(H,12,13). The molecule has 6 heteroatoms. The Balaban J connectivity index is 2.26. The summed E-state index contributed by atoms with van der Waals surface area (Å²) in [5.74, 6) is 0. The van der Waals surface area contributed by atoms with Crippen molar-refractivity contribution in [1.82, 2.24) is 9.97 Å². The Morgan fingerprint density at radius 1 is 1.41 bits per heavy atom. The lowest BCUT2D eigenvalue weighted by Gasteiger charge is -2.07. The molecule has 0 saturated heterocycles. The van der Waals surface area contributed by atoms with E-state index in [1.807, 2.05) is 25.1 Å². The third kappa shape index (κ3) is 2.65. The van der Waals surface area contributed by atoms with Crippen molar-refractivity contribution in [2.24, 2.45) is 0 Å². The highest BCUT2D eigenvalue weighted by Crippen LogP contribution is 2.15. The molecular formula is C11H13N3O2S. The van der Waals surface area contributed by atoms with Crippen molar-refractivity contribution < 1.29 is 8.42 Å². The first kappa shape index (κ1) is 11.7. The number of nitrogens with zero attached hydrogens (tertiary/aromatic N) is 1. The number of hydrogen-bond acceptors (Lipinski definition) is 3. The van der Waals surface area contributed by atoms with E-state index in [0.29, 0.717) is 5.69 Å². The molecule has 0 bridgehead atoms. The van der Waals surface area contributed by atoms with Crippen molar-refractivity contribution in [3.8, 4) is 0 Å². The molecule has 0 aliphatic carbocycles. The predicted molar refractivity (Wildman–Crippen MR) is 65.2 cm³/mol. The fraction of sp³-hybridized carbons (Fsp3) is 0.182. The Hall–Kier alpha value is -1.82. The Morgan fingerprint density at radius 2 is 2.24 bits per heavy atom. The van der Waals surface area contributed by atoms with E-state index >= 15 is 0 Å². The number of hydrogen-bond donors (Lipinski definition) is 2. The van der Waals surface area contributed by atoms with Gasteiger partial charge in [0, 0.05) is 5.69 Å². The lowest BCUT2D eigenvalue weighted by atomic mass is 10.1. The van der Waals surface area contributed by atoms with Crippen molar-refractivity contribution in [2.75, 3.05) is 4.72 Å². The Labute approximate surface area is 100.0 Å². The van der Waals surface area contributed by atoms with Gasteiger partial charge in [-0.25, -0.2) is 4.98 Å². The van der Waals surface area contributed by atoms with Gasteiger partial charge in [0.2, 0.25) is 0 Å². The van der Waals surface area contributed by atoms with Gasteiger partial charge < -0.3 is 4.98 Å². The van der Waals surface area contributed by atoms with E-state index in [1.165, 1.54) is 12.5 Å². The summed E-state index contributed by atoms with van der Waals surface area (Å²) in [4.78, 5) is 6.25. The molecule has 0 aliphatic rings. The van der Waals surface area contributed by atoms with E-state index in [2.05, 4.69) is 14.7 Å². The van der Waals surface area contributed by atoms with Crippen LogP contribution in [0.4, 0.5) is 5.69 Å². The van der Waals surface area contributed by atoms with Crippen LogP contribution < -0.4 is 4.72 Å². The van der Waals surface area contributed by atoms with Gasteiger partial charge in [-0.2, -0.15) is 8.42 Å². The molecule has 2 aromatic rings. The molecule has 0 atom stereocenters. The molecule has 1 aromatic carbocycles. The van der Waals surface area contributed by atoms with Crippen LogP contribution in [0.2, 0.25) is 0 Å². The maximum Gasteiger partial charge on any atom is 0.278 e. The molecule has 0 aliphatic heterocycles. The zero-order chi connectivity index (χ0) is 12.3. The summed E-state index contributed by atoms with van der Waals surface area (Å²) in [6.45, 7) is 2.02. The molecule has 1 heterocycles. The Morgan fingerprint density at radius 3 is 2.88 bits per heavy atom. The SMILES string of the molecule is CCc1cccc(NS(=O)(=O)c2cnc[nH]2)c1. The largest absolute Gasteiger partial charge is 0.334 e. The van der Waals surface area contributed by atoms with Gasteiger partial charge in [0.15, 0.2) is 5.03 Å². The number of sulfonamides is 1. The quantitative estimate of drug-likeness (QED) is 0.869. The minimum Gasteiger partial charge on any atom is -0.334 e. The van der Waals surface area contributed by atoms with E-state index in [1.54, 1.807) is 6.07 Å². The van der Waals surface area contributed by atoms with Crippen molar-refractivity contribution in [1.29, 1.82) is 0 Å². The molecular weight excluding hydrogens is 238 g/mol. The van der Waals surface area contributed by atoms with E-state index in [4.69, 9.17) is 0 Å². The second-order valence-corrected chi connectivity index (χ2v) is 5.23. The van der Waals surface area contributed by atoms with E-state index in [0.717, 1.165) is 12.0 Å². The molecule has 1 aromatic heterocycles. The zero-order valence-corrected chi connectivity index (χ0v) is 10.2. The third-order valence-electron chi connectivity index (χ3n) is 2.35. The number of anilines is 1. The van der Waals surface area contributed by atoms with Crippen molar-refractivity contribution in [3.63, 3.8) is 0 Å². The minimum atomic E-state index is -3.56. The summed E-state index contributed by atoms with van der Waals surface area (Å²) in [6.07, 6.45) is 3.46. The second kappa shape index (κ2) is 4.58. The molecule has 0 radical (unpaired) electrons. The lowest BCUT2D eigenvalue weighted by molar-refractivity contribution is 0.598. The number of aromatic amines is 1. The van der Waals surface area contributed by atoms with Crippen LogP contribution >= 0.6 is 0 Å². The average Bonchev–Trinajstić information content (AvgIpc) is 2.83. The highest BCUT2D eigenvalue weighted by Gasteiger charge is 2.15. The first-order chi connectivity index (χ1) is 8.12. The lowest BCUT2D eigenvalue weighted by Crippen LogP contribution is -2.13. The van der Waals surface area contributed by atoms with Crippen LogP contribution in [0.3, 0.4) is 0 Å². The maximum absolute atomic E-state index is 11.9. The number of aryl methyl sites for hydroxylation is 1. The van der Waals surface area contributed by atoms with E-state index in [9.17, 15) is 8.42 Å². The molecule has 5 nitrogen and oxygen atoms in total. The summed E-state index contributed by atoms with van der Waals surface area (Å²) in [7, 11) is -3.56. The highest BCUT2D eigenvalue weighted by atomic mass is 32.2. The van der Waals surface area contributed by atoms with Crippen molar-refractivity contribution in [3.05, 3.63) is 42.4 Å². The minimum absolute atomic E-state index is 0.0550. The number of rotatable bonds is 4. The number of nitrogens with one attached hydrogen (secondary N) is 2. The summed E-state index contributed by atoms with van der Waals surface area (Å²) in [6, 6.07) is 7.30. The van der Waals surface area contributed by atoms with Gasteiger partial charge in [0.05, 0.1) is 12.5 Å². The van der Waals surface area contributed by atoms with Crippen LogP contribution in [-0.4, -0.2) is 18.4 Å². The Bertz CT molecular complexity index is 591. The third-order valence-corrected chi connectivity index (χ3v) is 3.66. The predicted octanol–water partition coefficient (Wildman–Crippen LogP) is 1.77.